The van der Waals surface area contributed by atoms with Crippen molar-refractivity contribution in [3.05, 3.63) is 12.2 Å². The van der Waals surface area contributed by atoms with Gasteiger partial charge < -0.3 is 14.6 Å². The predicted octanol–water partition coefficient (Wildman–Crippen LogP) is 1.83. The minimum absolute atomic E-state index is 0.0878. The van der Waals surface area contributed by atoms with Crippen molar-refractivity contribution in [2.75, 3.05) is 13.2 Å². The summed E-state index contributed by atoms with van der Waals surface area (Å²) in [6.07, 6.45) is 9.72. The molecule has 0 aromatic carbocycles. The molecule has 0 spiro atoms. The first-order valence-corrected chi connectivity index (χ1v) is 8.08. The average Bonchev–Trinajstić information content (AvgIpc) is 3.03. The Balaban J connectivity index is 1.55. The number of amides is 1. The van der Waals surface area contributed by atoms with E-state index in [2.05, 4.69) is 20.1 Å². The molecule has 21 heavy (non-hydrogen) atoms. The molecule has 6 nitrogen and oxygen atoms in total. The molecule has 1 saturated heterocycles. The zero-order valence-electron chi connectivity index (χ0n) is 12.5. The molecule has 0 bridgehead atoms. The first kappa shape index (κ1) is 14.5. The van der Waals surface area contributed by atoms with Crippen molar-refractivity contribution in [3.63, 3.8) is 0 Å². The van der Waals surface area contributed by atoms with Crippen LogP contribution in [0.4, 0.5) is 0 Å². The Bertz CT molecular complexity index is 462. The lowest BCUT2D eigenvalue weighted by Gasteiger charge is -2.24. The molecule has 1 aliphatic heterocycles. The van der Waals surface area contributed by atoms with Crippen LogP contribution in [0.2, 0.25) is 0 Å². The number of carbonyl (C=O) groups is 1. The Morgan fingerprint density at radius 2 is 2.00 bits per heavy atom. The maximum Gasteiger partial charge on any atom is 0.223 e. The average molecular weight is 292 g/mol. The Hall–Kier alpha value is -1.43. The summed E-state index contributed by atoms with van der Waals surface area (Å²) in [5.41, 5.74) is 0. The monoisotopic (exact) mass is 292 g/mol. The van der Waals surface area contributed by atoms with Gasteiger partial charge >= 0.3 is 0 Å². The van der Waals surface area contributed by atoms with Gasteiger partial charge in [-0.1, -0.05) is 19.3 Å². The molecule has 1 saturated carbocycles. The number of hydrogen-bond acceptors (Lipinski definition) is 4. The molecule has 0 atom stereocenters. The standard InChI is InChI=1S/C15H24N4O2/c20-15(12-6-8-21-9-7-12)16-10-14-18-17-11-19(14)13-4-2-1-3-5-13/h11-13H,1-10H2,(H,16,20). The minimum atomic E-state index is 0.0878. The summed E-state index contributed by atoms with van der Waals surface area (Å²) in [4.78, 5) is 12.2. The molecule has 0 unspecified atom stereocenters. The van der Waals surface area contributed by atoms with Gasteiger partial charge in [0.2, 0.25) is 5.91 Å². The second kappa shape index (κ2) is 7.02. The second-order valence-corrected chi connectivity index (χ2v) is 6.05. The molecule has 3 rings (SSSR count). The molecular weight excluding hydrogens is 268 g/mol. The molecule has 2 fully saturated rings. The van der Waals surface area contributed by atoms with E-state index in [0.29, 0.717) is 25.8 Å². The van der Waals surface area contributed by atoms with Gasteiger partial charge in [0.15, 0.2) is 5.82 Å². The van der Waals surface area contributed by atoms with E-state index in [1.54, 1.807) is 0 Å². The SMILES string of the molecule is O=C(NCc1nncn1C1CCCCC1)C1CCOCC1. The molecule has 2 aliphatic rings. The molecule has 1 N–H and O–H groups in total. The Morgan fingerprint density at radius 3 is 2.76 bits per heavy atom. The van der Waals surface area contributed by atoms with Crippen LogP contribution in [0.15, 0.2) is 6.33 Å². The lowest BCUT2D eigenvalue weighted by Crippen LogP contribution is -2.34. The van der Waals surface area contributed by atoms with Crippen LogP contribution in [-0.4, -0.2) is 33.9 Å². The van der Waals surface area contributed by atoms with E-state index in [1.807, 2.05) is 6.33 Å². The van der Waals surface area contributed by atoms with E-state index in [0.717, 1.165) is 18.7 Å². The summed E-state index contributed by atoms with van der Waals surface area (Å²) < 4.78 is 7.45. The lowest BCUT2D eigenvalue weighted by molar-refractivity contribution is -0.128. The van der Waals surface area contributed by atoms with Crippen molar-refractivity contribution < 1.29 is 9.53 Å². The smallest absolute Gasteiger partial charge is 0.223 e. The highest BCUT2D eigenvalue weighted by Gasteiger charge is 2.23. The molecule has 2 heterocycles. The fourth-order valence-electron chi connectivity index (χ4n) is 3.33. The van der Waals surface area contributed by atoms with Crippen molar-refractivity contribution >= 4 is 5.91 Å². The highest BCUT2D eigenvalue weighted by atomic mass is 16.5. The Kier molecular flexibility index (Phi) is 4.85. The van der Waals surface area contributed by atoms with Crippen LogP contribution in [0, 0.1) is 5.92 Å². The van der Waals surface area contributed by atoms with Gasteiger partial charge in [0.25, 0.3) is 0 Å². The van der Waals surface area contributed by atoms with Gasteiger partial charge in [-0.3, -0.25) is 4.79 Å². The molecular formula is C15H24N4O2. The van der Waals surface area contributed by atoms with Crippen LogP contribution in [0.3, 0.4) is 0 Å². The van der Waals surface area contributed by atoms with Gasteiger partial charge in [0, 0.05) is 25.2 Å². The fourth-order valence-corrected chi connectivity index (χ4v) is 3.33. The van der Waals surface area contributed by atoms with Crippen LogP contribution in [0.1, 0.15) is 56.8 Å². The third-order valence-corrected chi connectivity index (χ3v) is 4.63. The first-order valence-electron chi connectivity index (χ1n) is 8.08. The van der Waals surface area contributed by atoms with Crippen molar-refractivity contribution in [1.29, 1.82) is 0 Å². The summed E-state index contributed by atoms with van der Waals surface area (Å²) in [6.45, 7) is 1.86. The number of nitrogens with zero attached hydrogens (tertiary/aromatic N) is 3. The second-order valence-electron chi connectivity index (χ2n) is 6.05. The molecule has 1 amide bonds. The third kappa shape index (κ3) is 3.61. The number of carbonyl (C=O) groups excluding carboxylic acids is 1. The minimum Gasteiger partial charge on any atom is -0.381 e. The van der Waals surface area contributed by atoms with Gasteiger partial charge in [-0.2, -0.15) is 0 Å². The van der Waals surface area contributed by atoms with Gasteiger partial charge in [-0.15, -0.1) is 10.2 Å². The summed E-state index contributed by atoms with van der Waals surface area (Å²) >= 11 is 0. The van der Waals surface area contributed by atoms with E-state index < -0.39 is 0 Å². The summed E-state index contributed by atoms with van der Waals surface area (Å²) in [5.74, 6) is 1.09. The van der Waals surface area contributed by atoms with Gasteiger partial charge in [0.1, 0.15) is 6.33 Å². The maximum absolute atomic E-state index is 12.2. The van der Waals surface area contributed by atoms with Crippen LogP contribution >= 0.6 is 0 Å². The number of hydrogen-bond donors (Lipinski definition) is 1. The molecule has 1 aromatic rings. The summed E-state index contributed by atoms with van der Waals surface area (Å²) in [5, 5.41) is 11.2. The Labute approximate surface area is 125 Å². The van der Waals surface area contributed by atoms with Gasteiger partial charge in [0.05, 0.1) is 6.54 Å². The van der Waals surface area contributed by atoms with Crippen LogP contribution in [0.5, 0.6) is 0 Å². The number of nitrogens with one attached hydrogen (secondary N) is 1. The number of ether oxygens (including phenoxy) is 1. The number of rotatable bonds is 4. The zero-order chi connectivity index (χ0) is 14.5. The predicted molar refractivity (Wildman–Crippen MR) is 77.5 cm³/mol. The number of aromatic nitrogens is 3. The summed E-state index contributed by atoms with van der Waals surface area (Å²) in [7, 11) is 0. The topological polar surface area (TPSA) is 69.0 Å². The normalized spacial score (nSPS) is 21.3. The van der Waals surface area contributed by atoms with Crippen molar-refractivity contribution in [3.8, 4) is 0 Å². The van der Waals surface area contributed by atoms with Crippen LogP contribution in [0.25, 0.3) is 0 Å². The zero-order valence-corrected chi connectivity index (χ0v) is 12.5. The largest absolute Gasteiger partial charge is 0.381 e. The highest BCUT2D eigenvalue weighted by molar-refractivity contribution is 5.78. The molecule has 1 aromatic heterocycles. The first-order chi connectivity index (χ1) is 10.3. The Morgan fingerprint density at radius 1 is 1.24 bits per heavy atom. The van der Waals surface area contributed by atoms with Gasteiger partial charge in [-0.25, -0.2) is 0 Å². The molecule has 1 aliphatic carbocycles. The maximum atomic E-state index is 12.2. The molecule has 0 radical (unpaired) electrons. The highest BCUT2D eigenvalue weighted by Crippen LogP contribution is 2.28. The fraction of sp³-hybridized carbons (Fsp3) is 0.800. The van der Waals surface area contributed by atoms with Crippen molar-refractivity contribution in [2.45, 2.75) is 57.5 Å². The van der Waals surface area contributed by atoms with E-state index in [1.165, 1.54) is 32.1 Å². The van der Waals surface area contributed by atoms with E-state index in [4.69, 9.17) is 4.74 Å². The third-order valence-electron chi connectivity index (χ3n) is 4.63. The molecule has 6 heteroatoms. The van der Waals surface area contributed by atoms with E-state index in [-0.39, 0.29) is 11.8 Å². The lowest BCUT2D eigenvalue weighted by atomic mass is 9.95. The van der Waals surface area contributed by atoms with Gasteiger partial charge in [-0.05, 0) is 25.7 Å². The van der Waals surface area contributed by atoms with Crippen LogP contribution in [-0.2, 0) is 16.1 Å². The molecule has 116 valence electrons. The van der Waals surface area contributed by atoms with E-state index >= 15 is 0 Å². The van der Waals surface area contributed by atoms with Crippen LogP contribution < -0.4 is 5.32 Å². The van der Waals surface area contributed by atoms with Crippen molar-refractivity contribution in [1.82, 2.24) is 20.1 Å². The van der Waals surface area contributed by atoms with E-state index in [9.17, 15) is 4.79 Å². The summed E-state index contributed by atoms with van der Waals surface area (Å²) in [6, 6.07) is 0.503. The quantitative estimate of drug-likeness (QED) is 0.919. The van der Waals surface area contributed by atoms with Crippen molar-refractivity contribution in [2.24, 2.45) is 5.92 Å².